The number of nitrogens with one attached hydrogen (secondary N) is 1. The van der Waals surface area contributed by atoms with Crippen LogP contribution in [0, 0.1) is 13.8 Å². The Balaban J connectivity index is 2.57. The molecule has 16 heavy (non-hydrogen) atoms. The topological polar surface area (TPSA) is 58.6 Å². The molecule has 1 rings (SSSR count). The number of carbonyl (C=O) groups is 1. The average molecular weight is 243 g/mol. The van der Waals surface area contributed by atoms with Crippen LogP contribution in [0.25, 0.3) is 0 Å². The first kappa shape index (κ1) is 13.2. The fourth-order valence-corrected chi connectivity index (χ4v) is 2.13. The summed E-state index contributed by atoms with van der Waals surface area (Å²) >= 11 is 1.58. The zero-order valence-electron chi connectivity index (χ0n) is 9.74. The normalized spacial score (nSPS) is 12.5. The van der Waals surface area contributed by atoms with Crippen LogP contribution < -0.4 is 5.32 Å². The summed E-state index contributed by atoms with van der Waals surface area (Å²) in [6.07, 6.45) is -0.705. The molecule has 1 aromatic heterocycles. The predicted molar refractivity (Wildman–Crippen MR) is 64.9 cm³/mol. The molecule has 90 valence electrons. The molecule has 0 spiro atoms. The highest BCUT2D eigenvalue weighted by atomic mass is 32.1. The number of hydrogen-bond acceptors (Lipinski definition) is 4. The molecule has 1 heterocycles. The number of amides is 1. The van der Waals surface area contributed by atoms with Crippen LogP contribution in [0.2, 0.25) is 0 Å². The van der Waals surface area contributed by atoms with Crippen molar-refractivity contribution in [3.63, 3.8) is 0 Å². The number of aliphatic hydroxyl groups is 1. The zero-order valence-corrected chi connectivity index (χ0v) is 10.6. The summed E-state index contributed by atoms with van der Waals surface area (Å²) in [7, 11) is 1.54. The maximum atomic E-state index is 11.6. The van der Waals surface area contributed by atoms with Crippen molar-refractivity contribution in [2.24, 2.45) is 0 Å². The van der Waals surface area contributed by atoms with E-state index < -0.39 is 6.10 Å². The number of hydrogen-bond donors (Lipinski definition) is 2. The minimum Gasteiger partial charge on any atom is -0.385 e. The number of carbonyl (C=O) groups excluding carboxylic acids is 1. The first-order valence-electron chi connectivity index (χ1n) is 5.08. The fourth-order valence-electron chi connectivity index (χ4n) is 1.33. The Morgan fingerprint density at radius 3 is 2.81 bits per heavy atom. The van der Waals surface area contributed by atoms with Crippen LogP contribution in [0.5, 0.6) is 0 Å². The molecule has 0 aliphatic rings. The van der Waals surface area contributed by atoms with Crippen molar-refractivity contribution in [2.75, 3.05) is 19.0 Å². The molecule has 1 aromatic rings. The number of anilines is 1. The van der Waals surface area contributed by atoms with E-state index in [1.807, 2.05) is 19.2 Å². The third kappa shape index (κ3) is 3.30. The number of aliphatic hydroxyl groups excluding tert-OH is 1. The highest BCUT2D eigenvalue weighted by Crippen LogP contribution is 2.26. The zero-order chi connectivity index (χ0) is 12.1. The van der Waals surface area contributed by atoms with Gasteiger partial charge in [-0.05, 0) is 24.8 Å². The molecular formula is C11H17NO3S. The molecule has 5 heteroatoms. The average Bonchev–Trinajstić information content (AvgIpc) is 2.57. The Kier molecular flexibility index (Phi) is 4.92. The van der Waals surface area contributed by atoms with E-state index >= 15 is 0 Å². The maximum absolute atomic E-state index is 11.6. The van der Waals surface area contributed by atoms with E-state index in [0.717, 1.165) is 16.1 Å². The van der Waals surface area contributed by atoms with Crippen molar-refractivity contribution >= 4 is 22.9 Å². The van der Waals surface area contributed by atoms with E-state index in [1.165, 1.54) is 7.11 Å². The second-order valence-electron chi connectivity index (χ2n) is 3.64. The molecule has 1 amide bonds. The van der Waals surface area contributed by atoms with E-state index in [9.17, 15) is 9.90 Å². The van der Waals surface area contributed by atoms with Gasteiger partial charge in [0.05, 0.1) is 5.69 Å². The van der Waals surface area contributed by atoms with E-state index in [2.05, 4.69) is 5.32 Å². The van der Waals surface area contributed by atoms with Crippen LogP contribution in [-0.4, -0.2) is 30.8 Å². The number of aryl methyl sites for hydroxylation is 2. The lowest BCUT2D eigenvalue weighted by Gasteiger charge is -2.11. The molecule has 0 aliphatic carbocycles. The molecule has 0 radical (unpaired) electrons. The van der Waals surface area contributed by atoms with E-state index in [0.29, 0.717) is 13.0 Å². The lowest BCUT2D eigenvalue weighted by Crippen LogP contribution is -2.28. The molecule has 4 nitrogen and oxygen atoms in total. The second-order valence-corrected chi connectivity index (χ2v) is 4.72. The monoisotopic (exact) mass is 243 g/mol. The van der Waals surface area contributed by atoms with Gasteiger partial charge in [-0.25, -0.2) is 0 Å². The van der Waals surface area contributed by atoms with Crippen LogP contribution in [0.1, 0.15) is 16.9 Å². The van der Waals surface area contributed by atoms with Gasteiger partial charge in [0, 0.05) is 25.0 Å². The van der Waals surface area contributed by atoms with E-state index in [4.69, 9.17) is 4.74 Å². The Morgan fingerprint density at radius 1 is 1.62 bits per heavy atom. The van der Waals surface area contributed by atoms with Crippen LogP contribution in [0.3, 0.4) is 0 Å². The van der Waals surface area contributed by atoms with Crippen LogP contribution in [-0.2, 0) is 9.53 Å². The summed E-state index contributed by atoms with van der Waals surface area (Å²) in [5, 5.41) is 14.3. The third-order valence-corrected chi connectivity index (χ3v) is 3.33. The van der Waals surface area contributed by atoms with Crippen LogP contribution in [0.15, 0.2) is 5.38 Å². The van der Waals surface area contributed by atoms with Gasteiger partial charge in [0.2, 0.25) is 0 Å². The summed E-state index contributed by atoms with van der Waals surface area (Å²) in [5.74, 6) is -0.373. The van der Waals surface area contributed by atoms with Crippen LogP contribution >= 0.6 is 11.3 Å². The van der Waals surface area contributed by atoms with Crippen molar-refractivity contribution in [2.45, 2.75) is 26.4 Å². The Labute approximate surface area is 99.2 Å². The standard InChI is InChI=1S/C11H17NO3S/c1-7-6-16-8(2)10(7)12-11(14)9(13)4-5-15-3/h6,9,13H,4-5H2,1-3H3,(H,12,14). The van der Waals surface area contributed by atoms with E-state index in [1.54, 1.807) is 11.3 Å². The van der Waals surface area contributed by atoms with Gasteiger partial charge in [-0.1, -0.05) is 0 Å². The predicted octanol–water partition coefficient (Wildman–Crippen LogP) is 1.70. The molecule has 0 saturated heterocycles. The summed E-state index contributed by atoms with van der Waals surface area (Å²) in [6.45, 7) is 4.24. The van der Waals surface area contributed by atoms with Crippen LogP contribution in [0.4, 0.5) is 5.69 Å². The molecule has 0 bridgehead atoms. The van der Waals surface area contributed by atoms with E-state index in [-0.39, 0.29) is 5.91 Å². The van der Waals surface area contributed by atoms with Gasteiger partial charge in [0.1, 0.15) is 6.10 Å². The molecule has 0 saturated carbocycles. The first-order chi connectivity index (χ1) is 7.56. The quantitative estimate of drug-likeness (QED) is 0.827. The first-order valence-corrected chi connectivity index (χ1v) is 5.96. The minimum atomic E-state index is -1.02. The minimum absolute atomic E-state index is 0.310. The molecule has 1 atom stereocenters. The second kappa shape index (κ2) is 5.98. The van der Waals surface area contributed by atoms with Crippen molar-refractivity contribution in [1.82, 2.24) is 0 Å². The molecule has 0 aliphatic heterocycles. The summed E-state index contributed by atoms with van der Waals surface area (Å²) in [6, 6.07) is 0. The SMILES string of the molecule is COCCC(O)C(=O)Nc1c(C)csc1C. The lowest BCUT2D eigenvalue weighted by molar-refractivity contribution is -0.124. The molecule has 0 aromatic carbocycles. The summed E-state index contributed by atoms with van der Waals surface area (Å²) < 4.78 is 4.81. The van der Waals surface area contributed by atoms with Gasteiger partial charge in [0.15, 0.2) is 0 Å². The Morgan fingerprint density at radius 2 is 2.31 bits per heavy atom. The fraction of sp³-hybridized carbons (Fsp3) is 0.545. The van der Waals surface area contributed by atoms with Crippen molar-refractivity contribution < 1.29 is 14.6 Å². The Bertz CT molecular complexity index is 343. The number of methoxy groups -OCH3 is 1. The highest BCUT2D eigenvalue weighted by molar-refractivity contribution is 7.10. The summed E-state index contributed by atoms with van der Waals surface area (Å²) in [5.41, 5.74) is 1.83. The van der Waals surface area contributed by atoms with Gasteiger partial charge in [-0.2, -0.15) is 0 Å². The van der Waals surface area contributed by atoms with Gasteiger partial charge >= 0.3 is 0 Å². The van der Waals surface area contributed by atoms with Gasteiger partial charge in [-0.15, -0.1) is 11.3 Å². The van der Waals surface area contributed by atoms with Crippen molar-refractivity contribution in [1.29, 1.82) is 0 Å². The van der Waals surface area contributed by atoms with Crippen molar-refractivity contribution in [3.8, 4) is 0 Å². The third-order valence-electron chi connectivity index (χ3n) is 2.31. The molecular weight excluding hydrogens is 226 g/mol. The highest BCUT2D eigenvalue weighted by Gasteiger charge is 2.16. The largest absolute Gasteiger partial charge is 0.385 e. The smallest absolute Gasteiger partial charge is 0.253 e. The molecule has 1 unspecified atom stereocenters. The Hall–Kier alpha value is -0.910. The number of ether oxygens (including phenoxy) is 1. The summed E-state index contributed by atoms with van der Waals surface area (Å²) in [4.78, 5) is 12.7. The molecule has 0 fully saturated rings. The van der Waals surface area contributed by atoms with Gasteiger partial charge in [-0.3, -0.25) is 4.79 Å². The van der Waals surface area contributed by atoms with Gasteiger partial charge < -0.3 is 15.2 Å². The molecule has 2 N–H and O–H groups in total. The lowest BCUT2D eigenvalue weighted by atomic mass is 10.2. The van der Waals surface area contributed by atoms with Gasteiger partial charge in [0.25, 0.3) is 5.91 Å². The maximum Gasteiger partial charge on any atom is 0.253 e. The number of rotatable bonds is 5. The number of thiophene rings is 1. The van der Waals surface area contributed by atoms with Crippen molar-refractivity contribution in [3.05, 3.63) is 15.8 Å².